The van der Waals surface area contributed by atoms with Gasteiger partial charge < -0.3 is 9.88 Å². The second-order valence-electron chi connectivity index (χ2n) is 12.8. The van der Waals surface area contributed by atoms with Gasteiger partial charge in [-0.15, -0.1) is 0 Å². The molecule has 240 valence electrons. The average Bonchev–Trinajstić information content (AvgIpc) is 3.85. The maximum Gasteiger partial charge on any atom is 0.124 e. The van der Waals surface area contributed by atoms with Crippen molar-refractivity contribution in [3.8, 4) is 22.6 Å². The molecule has 0 unspecified atom stereocenters. The number of hydrogen-bond acceptors (Lipinski definition) is 5. The first-order valence-electron chi connectivity index (χ1n) is 17.0. The number of likely N-dealkylation sites (tertiary alicyclic amines) is 1. The molecular weight excluding hydrogens is 597 g/mol. The second kappa shape index (κ2) is 13.5. The van der Waals surface area contributed by atoms with E-state index < -0.39 is 0 Å². The van der Waals surface area contributed by atoms with E-state index in [2.05, 4.69) is 74.6 Å². The van der Waals surface area contributed by atoms with E-state index in [0.717, 1.165) is 93.2 Å². The lowest BCUT2D eigenvalue weighted by Gasteiger charge is -2.14. The summed E-state index contributed by atoms with van der Waals surface area (Å²) in [6.45, 7) is 3.96. The summed E-state index contributed by atoms with van der Waals surface area (Å²) < 4.78 is 14.9. The third-order valence-electron chi connectivity index (χ3n) is 9.48. The Morgan fingerprint density at radius 2 is 1.67 bits per heavy atom. The van der Waals surface area contributed by atoms with Crippen molar-refractivity contribution in [1.29, 1.82) is 0 Å². The van der Waals surface area contributed by atoms with E-state index in [1.165, 1.54) is 37.1 Å². The molecule has 1 saturated heterocycles. The van der Waals surface area contributed by atoms with Crippen LogP contribution in [0.4, 0.5) is 4.39 Å². The van der Waals surface area contributed by atoms with Gasteiger partial charge >= 0.3 is 0 Å². The van der Waals surface area contributed by atoms with Gasteiger partial charge in [0.25, 0.3) is 0 Å². The molecule has 6 heterocycles. The number of benzene rings is 2. The predicted octanol–water partition coefficient (Wildman–Crippen LogP) is 6.03. The average molecular weight is 636 g/mol. The molecular formula is C40H38FN7. The molecule has 2 aliphatic heterocycles. The van der Waals surface area contributed by atoms with Gasteiger partial charge in [-0.2, -0.15) is 5.10 Å². The fourth-order valence-electron chi connectivity index (χ4n) is 7.02. The van der Waals surface area contributed by atoms with E-state index in [1.54, 1.807) is 18.3 Å². The van der Waals surface area contributed by atoms with Crippen LogP contribution in [0.15, 0.2) is 90.3 Å². The summed E-state index contributed by atoms with van der Waals surface area (Å²) in [4.78, 5) is 20.3. The lowest BCUT2D eigenvalue weighted by Crippen LogP contribution is -2.24. The summed E-state index contributed by atoms with van der Waals surface area (Å²) in [6.07, 6.45) is 16.1. The molecule has 0 radical (unpaired) electrons. The minimum atomic E-state index is -0.230. The van der Waals surface area contributed by atoms with Crippen LogP contribution in [-0.2, 0) is 19.3 Å². The van der Waals surface area contributed by atoms with E-state index in [-0.39, 0.29) is 5.82 Å². The number of rotatable bonds is 10. The van der Waals surface area contributed by atoms with Crippen molar-refractivity contribution in [2.45, 2.75) is 38.5 Å². The summed E-state index contributed by atoms with van der Waals surface area (Å²) in [5.74, 6) is -0.230. The summed E-state index contributed by atoms with van der Waals surface area (Å²) in [5.41, 5.74) is 9.48. The maximum atomic E-state index is 14.9. The molecule has 0 atom stereocenters. The minimum Gasteiger partial charge on any atom is -0.353 e. The first-order chi connectivity index (χ1) is 23.7. The lowest BCUT2D eigenvalue weighted by molar-refractivity contribution is 0.334. The lowest BCUT2D eigenvalue weighted by atomic mass is 10.0. The Hall–Kier alpha value is -5.21. The Labute approximate surface area is 279 Å². The molecule has 7 nitrogen and oxygen atoms in total. The van der Waals surface area contributed by atoms with Gasteiger partial charge in [-0.3, -0.25) is 20.1 Å². The van der Waals surface area contributed by atoms with Crippen molar-refractivity contribution in [3.05, 3.63) is 124 Å². The van der Waals surface area contributed by atoms with Crippen LogP contribution in [0, 0.1) is 5.82 Å². The molecule has 4 aromatic heterocycles. The highest BCUT2D eigenvalue weighted by atomic mass is 19.1. The maximum absolute atomic E-state index is 14.9. The van der Waals surface area contributed by atoms with Crippen molar-refractivity contribution < 1.29 is 4.39 Å². The van der Waals surface area contributed by atoms with Crippen molar-refractivity contribution in [2.24, 2.45) is 4.99 Å². The van der Waals surface area contributed by atoms with Crippen LogP contribution in [-0.4, -0.2) is 61.9 Å². The van der Waals surface area contributed by atoms with Gasteiger partial charge in [0.15, 0.2) is 0 Å². The zero-order chi connectivity index (χ0) is 32.3. The standard InChI is InChI=1S/C40H38FN7/c41-32-21-28(9-6-18-48-16-4-5-17-48)19-30(22-32)39-33-24-38(45-35(33)12-15-44-39)40-34-23-37(43-14-13-36(34)46-47-40)31-20-29(25-42-26-31)11-10-27-7-2-1-3-8-27/h1-3,7-8,12-13,15,19-26,45-46H,4-6,9-11,14,16-18H2. The number of aryl methyl sites for hydroxylation is 3. The number of halogens is 1. The Balaban J connectivity index is 1.08. The molecule has 0 amide bonds. The fraction of sp³-hybridized carbons (Fsp3) is 0.250. The molecule has 0 aliphatic carbocycles. The first kappa shape index (κ1) is 30.1. The van der Waals surface area contributed by atoms with Crippen LogP contribution >= 0.6 is 0 Å². The molecule has 0 spiro atoms. The molecule has 0 saturated carbocycles. The van der Waals surface area contributed by atoms with Crippen molar-refractivity contribution in [1.82, 2.24) is 30.0 Å². The fourth-order valence-corrected chi connectivity index (χ4v) is 7.02. The molecule has 8 rings (SSSR count). The quantitative estimate of drug-likeness (QED) is 0.193. The number of nitrogens with zero attached hydrogens (tertiary/aromatic N) is 5. The van der Waals surface area contributed by atoms with E-state index in [9.17, 15) is 4.39 Å². The topological polar surface area (TPSA) is 85.9 Å². The van der Waals surface area contributed by atoms with Crippen molar-refractivity contribution in [3.63, 3.8) is 0 Å². The molecule has 0 bridgehead atoms. The number of nitrogens with one attached hydrogen (secondary N) is 2. The zero-order valence-electron chi connectivity index (χ0n) is 26.9. The van der Waals surface area contributed by atoms with Gasteiger partial charge in [0.05, 0.1) is 29.0 Å². The molecule has 8 heteroatoms. The minimum absolute atomic E-state index is 0.230. The Bertz CT molecular complexity index is 2230. The molecule has 2 N–H and O–H groups in total. The third-order valence-corrected chi connectivity index (χ3v) is 9.48. The summed E-state index contributed by atoms with van der Waals surface area (Å²) >= 11 is 0. The van der Waals surface area contributed by atoms with Gasteiger partial charge in [-0.1, -0.05) is 30.3 Å². The van der Waals surface area contributed by atoms with Gasteiger partial charge in [-0.25, -0.2) is 4.39 Å². The van der Waals surface area contributed by atoms with Crippen LogP contribution in [0.2, 0.25) is 0 Å². The predicted molar refractivity (Wildman–Crippen MR) is 191 cm³/mol. The van der Waals surface area contributed by atoms with E-state index in [4.69, 9.17) is 15.1 Å². The second-order valence-corrected chi connectivity index (χ2v) is 12.8. The molecule has 2 aliphatic rings. The summed E-state index contributed by atoms with van der Waals surface area (Å²) in [7, 11) is 0. The highest BCUT2D eigenvalue weighted by Crippen LogP contribution is 2.31. The Morgan fingerprint density at radius 1 is 0.812 bits per heavy atom. The van der Waals surface area contributed by atoms with Gasteiger partial charge in [0.2, 0.25) is 0 Å². The number of aromatic amines is 2. The first-order valence-corrected chi connectivity index (χ1v) is 17.0. The number of aliphatic imine (C=N–C) groups is 1. The number of fused-ring (bicyclic) bond motifs is 2. The van der Waals surface area contributed by atoms with Gasteiger partial charge in [0, 0.05) is 45.8 Å². The van der Waals surface area contributed by atoms with Gasteiger partial charge in [-0.05, 0) is 123 Å². The number of aromatic nitrogens is 5. The molecule has 48 heavy (non-hydrogen) atoms. The molecule has 6 aromatic rings. The van der Waals surface area contributed by atoms with Crippen LogP contribution < -0.4 is 10.6 Å². The Kier molecular flexibility index (Phi) is 8.47. The van der Waals surface area contributed by atoms with Crippen LogP contribution in [0.5, 0.6) is 0 Å². The summed E-state index contributed by atoms with van der Waals surface area (Å²) in [5, 5.41) is 10.8. The molecule has 1 fully saturated rings. The van der Waals surface area contributed by atoms with Crippen LogP contribution in [0.1, 0.15) is 41.5 Å². The number of H-pyrrole nitrogens is 2. The SMILES string of the molecule is Fc1cc(CCCN2CCCC2)cc(-c2nccc3[nH]c(-c4n[nH]c5c4=CC(c4cncc(CCc6ccccc6)c4)=NCC=5)cc23)c1. The largest absolute Gasteiger partial charge is 0.353 e. The normalized spacial score (nSPS) is 14.7. The van der Waals surface area contributed by atoms with Crippen LogP contribution in [0.25, 0.3) is 45.7 Å². The molecule has 2 aromatic carbocycles. The van der Waals surface area contributed by atoms with E-state index >= 15 is 0 Å². The van der Waals surface area contributed by atoms with Crippen molar-refractivity contribution in [2.75, 3.05) is 26.2 Å². The van der Waals surface area contributed by atoms with E-state index in [1.807, 2.05) is 24.5 Å². The number of hydrogen-bond donors (Lipinski definition) is 2. The smallest absolute Gasteiger partial charge is 0.124 e. The third kappa shape index (κ3) is 6.49. The zero-order valence-corrected chi connectivity index (χ0v) is 26.9. The van der Waals surface area contributed by atoms with Crippen LogP contribution in [0.3, 0.4) is 0 Å². The highest BCUT2D eigenvalue weighted by Gasteiger charge is 2.16. The Morgan fingerprint density at radius 3 is 2.56 bits per heavy atom. The highest BCUT2D eigenvalue weighted by molar-refractivity contribution is 6.21. The van der Waals surface area contributed by atoms with Crippen molar-refractivity contribution >= 4 is 28.8 Å². The summed E-state index contributed by atoms with van der Waals surface area (Å²) in [6, 6.07) is 22.1. The van der Waals surface area contributed by atoms with E-state index in [0.29, 0.717) is 6.54 Å². The van der Waals surface area contributed by atoms with Gasteiger partial charge in [0.1, 0.15) is 11.5 Å². The number of pyridine rings is 2. The monoisotopic (exact) mass is 635 g/mol.